The van der Waals surface area contributed by atoms with Gasteiger partial charge in [0.1, 0.15) is 30.3 Å². The Morgan fingerprint density at radius 2 is 2.03 bits per heavy atom. The minimum atomic E-state index is -0.532. The average Bonchev–Trinajstić information content (AvgIpc) is 3.50. The zero-order valence-electron chi connectivity index (χ0n) is 16.8. The fourth-order valence-electron chi connectivity index (χ4n) is 3.54. The summed E-state index contributed by atoms with van der Waals surface area (Å²) in [6.07, 6.45) is 3.82. The highest BCUT2D eigenvalue weighted by molar-refractivity contribution is 7.22. The van der Waals surface area contributed by atoms with Gasteiger partial charge in [-0.3, -0.25) is 0 Å². The number of fused-ring (bicyclic) bond motifs is 1. The standard InChI is InChI=1S/C24H17FN4O2S/c25-18-7-6-16(9-17(18)11-26)22-10-20-23(32-22)24(28-13-27-20)29-19(21-12-30-14-31-21)8-15-4-2-1-3-5-15/h1-7,9-10,12-13,19H,8,14H2,(H,27,28,29). The lowest BCUT2D eigenvalue weighted by atomic mass is 10.0. The molecule has 6 nitrogen and oxygen atoms in total. The van der Waals surface area contributed by atoms with Gasteiger partial charge in [0.25, 0.3) is 0 Å². The molecule has 0 saturated heterocycles. The Morgan fingerprint density at radius 1 is 1.16 bits per heavy atom. The van der Waals surface area contributed by atoms with E-state index in [-0.39, 0.29) is 18.4 Å². The second kappa shape index (κ2) is 8.65. The molecule has 2 aromatic heterocycles. The monoisotopic (exact) mass is 444 g/mol. The number of ether oxygens (including phenoxy) is 2. The quantitative estimate of drug-likeness (QED) is 0.438. The molecule has 0 radical (unpaired) electrons. The number of rotatable bonds is 6. The van der Waals surface area contributed by atoms with Gasteiger partial charge >= 0.3 is 0 Å². The summed E-state index contributed by atoms with van der Waals surface area (Å²) in [5.41, 5.74) is 2.68. The Labute approximate surface area is 187 Å². The molecule has 2 aromatic carbocycles. The molecule has 1 unspecified atom stereocenters. The molecule has 1 atom stereocenters. The van der Waals surface area contributed by atoms with Crippen LogP contribution in [0.3, 0.4) is 0 Å². The van der Waals surface area contributed by atoms with Gasteiger partial charge in [0.05, 0.1) is 21.8 Å². The smallest absolute Gasteiger partial charge is 0.229 e. The van der Waals surface area contributed by atoms with Crippen LogP contribution in [-0.4, -0.2) is 22.8 Å². The number of nitrogens with zero attached hydrogens (tertiary/aromatic N) is 3. The molecule has 5 rings (SSSR count). The van der Waals surface area contributed by atoms with Crippen LogP contribution in [0.4, 0.5) is 10.2 Å². The molecule has 1 aliphatic rings. The van der Waals surface area contributed by atoms with E-state index in [1.54, 1.807) is 18.4 Å². The number of nitriles is 1. The van der Waals surface area contributed by atoms with Gasteiger partial charge < -0.3 is 14.8 Å². The molecule has 1 aliphatic heterocycles. The first-order valence-corrected chi connectivity index (χ1v) is 10.7. The molecule has 32 heavy (non-hydrogen) atoms. The average molecular weight is 444 g/mol. The summed E-state index contributed by atoms with van der Waals surface area (Å²) in [7, 11) is 0. The number of hydrogen-bond acceptors (Lipinski definition) is 7. The molecule has 0 spiro atoms. The van der Waals surface area contributed by atoms with Crippen LogP contribution in [0.15, 0.2) is 72.9 Å². The van der Waals surface area contributed by atoms with Crippen molar-refractivity contribution in [2.45, 2.75) is 12.5 Å². The summed E-state index contributed by atoms with van der Waals surface area (Å²) in [4.78, 5) is 9.73. The number of anilines is 1. The number of aromatic nitrogens is 2. The number of benzene rings is 2. The zero-order chi connectivity index (χ0) is 21.9. The molecule has 4 aromatic rings. The van der Waals surface area contributed by atoms with Crippen LogP contribution in [0.2, 0.25) is 0 Å². The molecule has 0 amide bonds. The lowest BCUT2D eigenvalue weighted by Gasteiger charge is -2.19. The van der Waals surface area contributed by atoms with Gasteiger partial charge in [-0.15, -0.1) is 11.3 Å². The maximum absolute atomic E-state index is 13.7. The highest BCUT2D eigenvalue weighted by Gasteiger charge is 2.23. The van der Waals surface area contributed by atoms with Crippen LogP contribution in [0.25, 0.3) is 20.7 Å². The van der Waals surface area contributed by atoms with E-state index in [1.807, 2.05) is 30.3 Å². The summed E-state index contributed by atoms with van der Waals surface area (Å²) in [6.45, 7) is 0.191. The summed E-state index contributed by atoms with van der Waals surface area (Å²) >= 11 is 1.48. The number of halogens is 1. The van der Waals surface area contributed by atoms with E-state index in [4.69, 9.17) is 14.7 Å². The van der Waals surface area contributed by atoms with E-state index in [2.05, 4.69) is 27.4 Å². The van der Waals surface area contributed by atoms with E-state index < -0.39 is 5.82 Å². The predicted molar refractivity (Wildman–Crippen MR) is 120 cm³/mol. The van der Waals surface area contributed by atoms with Gasteiger partial charge in [-0.05, 0) is 35.7 Å². The van der Waals surface area contributed by atoms with Crippen LogP contribution in [-0.2, 0) is 15.9 Å². The Bertz CT molecular complexity index is 1350. The lowest BCUT2D eigenvalue weighted by Crippen LogP contribution is -2.25. The summed E-state index contributed by atoms with van der Waals surface area (Å²) < 4.78 is 25.5. The van der Waals surface area contributed by atoms with Gasteiger partial charge in [-0.1, -0.05) is 36.4 Å². The van der Waals surface area contributed by atoms with Crippen LogP contribution in [0, 0.1) is 17.1 Å². The van der Waals surface area contributed by atoms with Crippen molar-refractivity contribution in [1.82, 2.24) is 9.97 Å². The van der Waals surface area contributed by atoms with Crippen molar-refractivity contribution in [3.05, 3.63) is 89.9 Å². The van der Waals surface area contributed by atoms with Crippen molar-refractivity contribution in [3.8, 4) is 16.5 Å². The topological polar surface area (TPSA) is 80.1 Å². The molecule has 1 N–H and O–H groups in total. The first-order chi connectivity index (χ1) is 15.7. The number of nitrogens with one attached hydrogen (secondary N) is 1. The van der Waals surface area contributed by atoms with Gasteiger partial charge in [0.15, 0.2) is 5.76 Å². The SMILES string of the molecule is N#Cc1cc(-c2cc3ncnc(NC(Cc4ccccc4)C4=COCO4)c3s2)ccc1F. The molecule has 0 bridgehead atoms. The second-order valence-corrected chi connectivity index (χ2v) is 8.24. The Morgan fingerprint density at radius 3 is 2.81 bits per heavy atom. The van der Waals surface area contributed by atoms with Crippen molar-refractivity contribution in [1.29, 1.82) is 5.26 Å². The number of thiophene rings is 1. The molecule has 3 heterocycles. The minimum absolute atomic E-state index is 0.0117. The van der Waals surface area contributed by atoms with Crippen molar-refractivity contribution in [3.63, 3.8) is 0 Å². The van der Waals surface area contributed by atoms with E-state index in [0.29, 0.717) is 18.0 Å². The van der Waals surface area contributed by atoms with E-state index >= 15 is 0 Å². The van der Waals surface area contributed by atoms with E-state index in [9.17, 15) is 4.39 Å². The van der Waals surface area contributed by atoms with Crippen molar-refractivity contribution >= 4 is 27.4 Å². The van der Waals surface area contributed by atoms with Crippen molar-refractivity contribution in [2.24, 2.45) is 0 Å². The summed E-state index contributed by atoms with van der Waals surface area (Å²) in [5, 5.41) is 12.6. The molecular weight excluding hydrogens is 427 g/mol. The minimum Gasteiger partial charge on any atom is -0.462 e. The first kappa shape index (κ1) is 20.0. The fourth-order valence-corrected chi connectivity index (χ4v) is 4.60. The third-order valence-corrected chi connectivity index (χ3v) is 6.29. The van der Waals surface area contributed by atoms with E-state index in [1.165, 1.54) is 23.7 Å². The van der Waals surface area contributed by atoms with Crippen LogP contribution < -0.4 is 5.32 Å². The fraction of sp³-hybridized carbons (Fsp3) is 0.125. The largest absolute Gasteiger partial charge is 0.462 e. The maximum atomic E-state index is 13.7. The van der Waals surface area contributed by atoms with Crippen LogP contribution >= 0.6 is 11.3 Å². The summed E-state index contributed by atoms with van der Waals surface area (Å²) in [6, 6.07) is 18.2. The Balaban J connectivity index is 1.50. The van der Waals surface area contributed by atoms with Crippen LogP contribution in [0.5, 0.6) is 0 Å². The van der Waals surface area contributed by atoms with Crippen molar-refractivity contribution in [2.75, 3.05) is 12.1 Å². The lowest BCUT2D eigenvalue weighted by molar-refractivity contribution is 0.0764. The van der Waals surface area contributed by atoms with Gasteiger partial charge in [-0.25, -0.2) is 14.4 Å². The Hall–Kier alpha value is -3.96. The third-order valence-electron chi connectivity index (χ3n) is 5.11. The van der Waals surface area contributed by atoms with Crippen molar-refractivity contribution < 1.29 is 13.9 Å². The predicted octanol–water partition coefficient (Wildman–Crippen LogP) is 5.24. The molecule has 0 saturated carbocycles. The third kappa shape index (κ3) is 3.98. The van der Waals surface area contributed by atoms with E-state index in [0.717, 1.165) is 26.2 Å². The van der Waals surface area contributed by atoms with Gasteiger partial charge in [-0.2, -0.15) is 5.26 Å². The molecular formula is C24H17FN4O2S. The van der Waals surface area contributed by atoms with Crippen LogP contribution in [0.1, 0.15) is 11.1 Å². The Kier molecular flexibility index (Phi) is 5.40. The molecule has 158 valence electrons. The number of hydrogen-bond donors (Lipinski definition) is 1. The molecule has 0 aliphatic carbocycles. The maximum Gasteiger partial charge on any atom is 0.229 e. The van der Waals surface area contributed by atoms with Gasteiger partial charge in [0, 0.05) is 4.88 Å². The summed E-state index contributed by atoms with van der Waals surface area (Å²) in [5.74, 6) is 0.844. The normalized spacial score (nSPS) is 13.7. The molecule has 0 fully saturated rings. The highest BCUT2D eigenvalue weighted by atomic mass is 32.1. The second-order valence-electron chi connectivity index (χ2n) is 7.19. The van der Waals surface area contributed by atoms with Gasteiger partial charge in [0.2, 0.25) is 6.79 Å². The molecule has 8 heteroatoms. The highest BCUT2D eigenvalue weighted by Crippen LogP contribution is 2.37. The zero-order valence-corrected chi connectivity index (χ0v) is 17.6. The first-order valence-electron chi connectivity index (χ1n) is 9.91.